The summed E-state index contributed by atoms with van der Waals surface area (Å²) in [7, 11) is -3.59. The molecule has 0 aliphatic carbocycles. The molecule has 1 amide bonds. The number of hydrogen-bond acceptors (Lipinski definition) is 5. The van der Waals surface area contributed by atoms with Crippen LogP contribution in [0.2, 0.25) is 0 Å². The Kier molecular flexibility index (Phi) is 6.45. The van der Waals surface area contributed by atoms with Gasteiger partial charge >= 0.3 is 0 Å². The first-order valence-corrected chi connectivity index (χ1v) is 12.1. The molecule has 0 aromatic heterocycles. The van der Waals surface area contributed by atoms with Crippen molar-refractivity contribution in [2.24, 2.45) is 5.92 Å². The number of nitrogens with zero attached hydrogens (tertiary/aromatic N) is 2. The van der Waals surface area contributed by atoms with Gasteiger partial charge in [0, 0.05) is 45.6 Å². The van der Waals surface area contributed by atoms with Gasteiger partial charge in [-0.3, -0.25) is 4.79 Å². The van der Waals surface area contributed by atoms with Gasteiger partial charge in [0.1, 0.15) is 0 Å². The van der Waals surface area contributed by atoms with E-state index in [0.717, 1.165) is 11.1 Å². The molecule has 4 rings (SSSR count). The number of amides is 1. The molecule has 1 atom stereocenters. The van der Waals surface area contributed by atoms with Crippen molar-refractivity contribution in [3.8, 4) is 0 Å². The van der Waals surface area contributed by atoms with Crippen molar-refractivity contribution in [2.45, 2.75) is 44.9 Å². The van der Waals surface area contributed by atoms with E-state index in [-0.39, 0.29) is 18.4 Å². The first-order chi connectivity index (χ1) is 14.4. The molecule has 3 heterocycles. The molecule has 0 radical (unpaired) electrons. The Balaban J connectivity index is 1.33. The van der Waals surface area contributed by atoms with Gasteiger partial charge in [-0.15, -0.1) is 0 Å². The van der Waals surface area contributed by atoms with Crippen LogP contribution in [-0.4, -0.2) is 68.1 Å². The van der Waals surface area contributed by atoms with Crippen LogP contribution in [0.4, 0.5) is 0 Å². The van der Waals surface area contributed by atoms with E-state index in [4.69, 9.17) is 9.47 Å². The molecule has 0 unspecified atom stereocenters. The molecule has 166 valence electrons. The first-order valence-electron chi connectivity index (χ1n) is 10.7. The van der Waals surface area contributed by atoms with E-state index >= 15 is 0 Å². The number of hydrogen-bond donors (Lipinski definition) is 1. The average molecular weight is 438 g/mol. The molecule has 1 aromatic carbocycles. The minimum atomic E-state index is -3.59. The Labute approximate surface area is 178 Å². The molecule has 1 aromatic rings. The summed E-state index contributed by atoms with van der Waals surface area (Å²) < 4.78 is 40.7. The molecule has 0 bridgehead atoms. The number of ether oxygens (including phenoxy) is 2. The lowest BCUT2D eigenvalue weighted by atomic mass is 9.98. The number of carbonyl (C=O) groups excluding carboxylic acids is 1. The number of nitrogens with one attached hydrogen (secondary N) is 1. The monoisotopic (exact) mass is 437 g/mol. The van der Waals surface area contributed by atoms with Crippen molar-refractivity contribution >= 4 is 16.1 Å². The van der Waals surface area contributed by atoms with Crippen LogP contribution in [0.3, 0.4) is 0 Å². The van der Waals surface area contributed by atoms with Crippen LogP contribution in [0.25, 0.3) is 0 Å². The summed E-state index contributed by atoms with van der Waals surface area (Å²) in [5, 5.41) is 2.97. The summed E-state index contributed by atoms with van der Waals surface area (Å²) in [6.07, 6.45) is 2.48. The zero-order chi connectivity index (χ0) is 21.2. The molecule has 0 saturated carbocycles. The largest absolute Gasteiger partial charge is 0.352 e. The number of carbonyl (C=O) groups is 1. The zero-order valence-corrected chi connectivity index (χ0v) is 18.3. The van der Waals surface area contributed by atoms with Crippen LogP contribution >= 0.6 is 0 Å². The second-order valence-electron chi connectivity index (χ2n) is 8.42. The maximum Gasteiger partial charge on any atom is 0.282 e. The second-order valence-corrected chi connectivity index (χ2v) is 10.3. The van der Waals surface area contributed by atoms with Crippen molar-refractivity contribution in [3.63, 3.8) is 0 Å². The van der Waals surface area contributed by atoms with Gasteiger partial charge in [-0.1, -0.05) is 29.8 Å². The molecule has 1 spiro atoms. The lowest BCUT2D eigenvalue weighted by molar-refractivity contribution is -0.179. The van der Waals surface area contributed by atoms with Crippen molar-refractivity contribution in [3.05, 3.63) is 35.4 Å². The van der Waals surface area contributed by atoms with Crippen molar-refractivity contribution in [1.29, 1.82) is 0 Å². The highest BCUT2D eigenvalue weighted by molar-refractivity contribution is 7.86. The number of piperidine rings is 2. The quantitative estimate of drug-likeness (QED) is 0.753. The lowest BCUT2D eigenvalue weighted by Crippen LogP contribution is -2.54. The second kappa shape index (κ2) is 8.92. The lowest BCUT2D eigenvalue weighted by Gasteiger charge is -2.40. The van der Waals surface area contributed by atoms with Crippen LogP contribution < -0.4 is 5.32 Å². The van der Waals surface area contributed by atoms with Gasteiger partial charge in [-0.05, 0) is 25.3 Å². The third-order valence-corrected chi connectivity index (χ3v) is 8.26. The van der Waals surface area contributed by atoms with Gasteiger partial charge in [-0.2, -0.15) is 17.0 Å². The van der Waals surface area contributed by atoms with Gasteiger partial charge in [0.05, 0.1) is 19.1 Å². The van der Waals surface area contributed by atoms with Gasteiger partial charge in [0.25, 0.3) is 10.2 Å². The van der Waals surface area contributed by atoms with E-state index in [1.807, 2.05) is 31.2 Å². The molecule has 9 heteroatoms. The summed E-state index contributed by atoms with van der Waals surface area (Å²) in [5.41, 5.74) is 2.19. The van der Waals surface area contributed by atoms with E-state index in [1.165, 1.54) is 8.61 Å². The molecule has 3 aliphatic rings. The van der Waals surface area contributed by atoms with Crippen molar-refractivity contribution in [1.82, 2.24) is 13.9 Å². The summed E-state index contributed by atoms with van der Waals surface area (Å²) >= 11 is 0. The fraction of sp³-hybridized carbons (Fsp3) is 0.667. The van der Waals surface area contributed by atoms with Crippen LogP contribution in [0.15, 0.2) is 24.3 Å². The average Bonchev–Trinajstić information content (AvgIpc) is 3.20. The predicted octanol–water partition coefficient (Wildman–Crippen LogP) is 1.41. The Morgan fingerprint density at radius 2 is 1.90 bits per heavy atom. The minimum Gasteiger partial charge on any atom is -0.352 e. The van der Waals surface area contributed by atoms with E-state index in [1.54, 1.807) is 0 Å². The van der Waals surface area contributed by atoms with Crippen molar-refractivity contribution < 1.29 is 22.7 Å². The maximum atomic E-state index is 13.2. The molecule has 1 N–H and O–H groups in total. The summed E-state index contributed by atoms with van der Waals surface area (Å²) in [4.78, 5) is 12.7. The highest BCUT2D eigenvalue weighted by Crippen LogP contribution is 2.33. The molecule has 3 aliphatic heterocycles. The third kappa shape index (κ3) is 4.70. The van der Waals surface area contributed by atoms with E-state index in [2.05, 4.69) is 5.32 Å². The maximum absolute atomic E-state index is 13.2. The first kappa shape index (κ1) is 21.7. The topological polar surface area (TPSA) is 88.2 Å². The van der Waals surface area contributed by atoms with Crippen LogP contribution in [-0.2, 0) is 31.0 Å². The van der Waals surface area contributed by atoms with E-state index < -0.39 is 16.0 Å². The highest BCUT2D eigenvalue weighted by Gasteiger charge is 2.44. The molecule has 30 heavy (non-hydrogen) atoms. The van der Waals surface area contributed by atoms with Gasteiger partial charge in [-0.25, -0.2) is 0 Å². The Morgan fingerprint density at radius 1 is 1.17 bits per heavy atom. The summed E-state index contributed by atoms with van der Waals surface area (Å²) in [5.74, 6) is -1.01. The zero-order valence-electron chi connectivity index (χ0n) is 17.5. The van der Waals surface area contributed by atoms with Crippen LogP contribution in [0.5, 0.6) is 0 Å². The third-order valence-electron chi connectivity index (χ3n) is 6.25. The fourth-order valence-corrected chi connectivity index (χ4v) is 6.23. The molecule has 8 nitrogen and oxygen atoms in total. The standard InChI is InChI=1S/C21H31N3O5S/c1-17-4-2-5-18(14-17)15-22-20(25)19-6-3-9-24(16-19)30(26,27)23-10-7-21(8-11-23)28-12-13-29-21/h2,4-5,14,19H,3,6-13,15-16H2,1H3,(H,22,25)/t19-/m1/s1. The predicted molar refractivity (Wildman–Crippen MR) is 112 cm³/mol. The Hall–Kier alpha value is -1.52. The number of rotatable bonds is 5. The normalized spacial score (nSPS) is 25.4. The fourth-order valence-electron chi connectivity index (χ4n) is 4.53. The molecular formula is C21H31N3O5S. The minimum absolute atomic E-state index is 0.0817. The SMILES string of the molecule is Cc1cccc(CNC(=O)[C@@H]2CCCN(S(=O)(=O)N3CCC4(CC3)OCCO4)C2)c1. The number of aryl methyl sites for hydroxylation is 1. The van der Waals surface area contributed by atoms with Gasteiger partial charge < -0.3 is 14.8 Å². The van der Waals surface area contributed by atoms with Gasteiger partial charge in [0.15, 0.2) is 5.79 Å². The Bertz CT molecular complexity index is 859. The smallest absolute Gasteiger partial charge is 0.282 e. The molecular weight excluding hydrogens is 406 g/mol. The molecule has 3 fully saturated rings. The highest BCUT2D eigenvalue weighted by atomic mass is 32.2. The van der Waals surface area contributed by atoms with E-state index in [0.29, 0.717) is 65.1 Å². The number of benzene rings is 1. The van der Waals surface area contributed by atoms with E-state index in [9.17, 15) is 13.2 Å². The molecule has 3 saturated heterocycles. The summed E-state index contributed by atoms with van der Waals surface area (Å²) in [6, 6.07) is 8.00. The van der Waals surface area contributed by atoms with Crippen LogP contribution in [0.1, 0.15) is 36.8 Å². The Morgan fingerprint density at radius 3 is 2.60 bits per heavy atom. The van der Waals surface area contributed by atoms with Crippen molar-refractivity contribution in [2.75, 3.05) is 39.4 Å². The summed E-state index contributed by atoms with van der Waals surface area (Å²) in [6.45, 7) is 5.05. The van der Waals surface area contributed by atoms with Crippen LogP contribution in [0, 0.1) is 12.8 Å². The van der Waals surface area contributed by atoms with Gasteiger partial charge in [0.2, 0.25) is 5.91 Å².